The molecule has 0 amide bonds. The van der Waals surface area contributed by atoms with Crippen molar-refractivity contribution in [2.24, 2.45) is 0 Å². The number of benzene rings is 10. The van der Waals surface area contributed by atoms with Gasteiger partial charge in [-0.2, -0.15) is 0 Å². The summed E-state index contributed by atoms with van der Waals surface area (Å²) >= 11 is 1.87. The molecule has 2 aromatic heterocycles. The van der Waals surface area contributed by atoms with Gasteiger partial charge in [0.2, 0.25) is 0 Å². The molecule has 10 aromatic carbocycles. The lowest BCUT2D eigenvalue weighted by Gasteiger charge is -2.28. The van der Waals surface area contributed by atoms with Gasteiger partial charge >= 0.3 is 0 Å². The van der Waals surface area contributed by atoms with Crippen molar-refractivity contribution in [1.29, 1.82) is 0 Å². The van der Waals surface area contributed by atoms with Gasteiger partial charge in [-0.3, -0.25) is 0 Å². The molecule has 276 valence electrons. The van der Waals surface area contributed by atoms with E-state index in [2.05, 4.69) is 205 Å². The lowest BCUT2D eigenvalue weighted by atomic mass is 9.91. The molecule has 59 heavy (non-hydrogen) atoms. The monoisotopic (exact) mass is 769 g/mol. The van der Waals surface area contributed by atoms with E-state index >= 15 is 0 Å². The number of rotatable bonds is 6. The summed E-state index contributed by atoms with van der Waals surface area (Å²) in [5.74, 6) is 0. The second kappa shape index (κ2) is 13.6. The van der Waals surface area contributed by atoms with Gasteiger partial charge in [0.05, 0.1) is 5.69 Å². The van der Waals surface area contributed by atoms with Crippen LogP contribution in [0.5, 0.6) is 0 Å². The Morgan fingerprint density at radius 3 is 1.68 bits per heavy atom. The Morgan fingerprint density at radius 1 is 0.339 bits per heavy atom. The van der Waals surface area contributed by atoms with E-state index in [1.165, 1.54) is 69.7 Å². The van der Waals surface area contributed by atoms with Crippen molar-refractivity contribution in [3.63, 3.8) is 0 Å². The van der Waals surface area contributed by atoms with E-state index in [4.69, 9.17) is 4.42 Å². The minimum atomic E-state index is 0.902. The van der Waals surface area contributed by atoms with Gasteiger partial charge in [0, 0.05) is 47.7 Å². The average molecular weight is 770 g/mol. The van der Waals surface area contributed by atoms with Crippen molar-refractivity contribution >= 4 is 92.1 Å². The zero-order chi connectivity index (χ0) is 38.9. The van der Waals surface area contributed by atoms with Crippen LogP contribution in [0.25, 0.3) is 97.0 Å². The maximum Gasteiger partial charge on any atom is 0.136 e. The Balaban J connectivity index is 1.04. The molecule has 2 heterocycles. The molecule has 0 N–H and O–H groups in total. The van der Waals surface area contributed by atoms with Crippen LogP contribution in [0.3, 0.4) is 0 Å². The second-order valence-electron chi connectivity index (χ2n) is 15.2. The van der Waals surface area contributed by atoms with Gasteiger partial charge in [-0.25, -0.2) is 0 Å². The molecular formula is C56H35NOS. The zero-order valence-electron chi connectivity index (χ0n) is 32.0. The molecule has 0 bridgehead atoms. The normalized spacial score (nSPS) is 11.7. The average Bonchev–Trinajstić information content (AvgIpc) is 3.87. The number of thiophene rings is 1. The molecule has 0 saturated carbocycles. The highest BCUT2D eigenvalue weighted by Crippen LogP contribution is 2.49. The number of hydrogen-bond acceptors (Lipinski definition) is 3. The van der Waals surface area contributed by atoms with Gasteiger partial charge in [0.1, 0.15) is 11.2 Å². The molecule has 0 spiro atoms. The summed E-state index contributed by atoms with van der Waals surface area (Å²) in [6, 6.07) is 77.0. The molecule has 0 aliphatic heterocycles. The first kappa shape index (κ1) is 33.7. The highest BCUT2D eigenvalue weighted by Gasteiger charge is 2.22. The molecule has 0 unspecified atom stereocenters. The highest BCUT2D eigenvalue weighted by molar-refractivity contribution is 7.26. The fourth-order valence-electron chi connectivity index (χ4n) is 9.10. The predicted octanol–water partition coefficient (Wildman–Crippen LogP) is 16.7. The zero-order valence-corrected chi connectivity index (χ0v) is 32.8. The quantitative estimate of drug-likeness (QED) is 0.167. The van der Waals surface area contributed by atoms with Gasteiger partial charge in [0.25, 0.3) is 0 Å². The lowest BCUT2D eigenvalue weighted by Crippen LogP contribution is -2.11. The Kier molecular flexibility index (Phi) is 7.75. The van der Waals surface area contributed by atoms with Gasteiger partial charge in [0.15, 0.2) is 0 Å². The predicted molar refractivity (Wildman–Crippen MR) is 253 cm³/mol. The topological polar surface area (TPSA) is 16.4 Å². The van der Waals surface area contributed by atoms with Crippen LogP contribution in [0, 0.1) is 0 Å². The Hall–Kier alpha value is -7.46. The summed E-state index contributed by atoms with van der Waals surface area (Å²) in [4.78, 5) is 2.47. The van der Waals surface area contributed by atoms with Crippen LogP contribution in [0.1, 0.15) is 0 Å². The van der Waals surface area contributed by atoms with Gasteiger partial charge in [-0.05, 0) is 104 Å². The van der Waals surface area contributed by atoms with Crippen LogP contribution in [-0.2, 0) is 0 Å². The van der Waals surface area contributed by atoms with Gasteiger partial charge in [-0.15, -0.1) is 11.3 Å². The van der Waals surface area contributed by atoms with Gasteiger partial charge in [-0.1, -0.05) is 158 Å². The highest BCUT2D eigenvalue weighted by atomic mass is 32.1. The van der Waals surface area contributed by atoms with E-state index in [-0.39, 0.29) is 0 Å². The minimum absolute atomic E-state index is 0.902. The number of nitrogens with zero attached hydrogens (tertiary/aromatic N) is 1. The van der Waals surface area contributed by atoms with Crippen LogP contribution in [0.4, 0.5) is 17.1 Å². The van der Waals surface area contributed by atoms with Crippen molar-refractivity contribution in [2.45, 2.75) is 0 Å². The van der Waals surface area contributed by atoms with Crippen LogP contribution in [0.2, 0.25) is 0 Å². The molecule has 0 fully saturated rings. The summed E-state index contributed by atoms with van der Waals surface area (Å²) in [5.41, 5.74) is 12.3. The summed E-state index contributed by atoms with van der Waals surface area (Å²) in [6.45, 7) is 0. The first-order valence-electron chi connectivity index (χ1n) is 20.1. The Bertz CT molecular complexity index is 3540. The van der Waals surface area contributed by atoms with E-state index in [0.29, 0.717) is 0 Å². The van der Waals surface area contributed by atoms with Crippen molar-refractivity contribution in [3.05, 3.63) is 212 Å². The Labute approximate surface area is 345 Å². The molecule has 12 aromatic rings. The minimum Gasteiger partial charge on any atom is -0.456 e. The van der Waals surface area contributed by atoms with Crippen molar-refractivity contribution in [1.82, 2.24) is 0 Å². The fourth-order valence-corrected chi connectivity index (χ4v) is 10.3. The summed E-state index contributed by atoms with van der Waals surface area (Å²) in [6.07, 6.45) is 0. The third-order valence-corrected chi connectivity index (χ3v) is 13.0. The molecule has 3 heteroatoms. The molecule has 0 radical (unpaired) electrons. The van der Waals surface area contributed by atoms with E-state index < -0.39 is 0 Å². The van der Waals surface area contributed by atoms with E-state index in [1.54, 1.807) is 0 Å². The first-order chi connectivity index (χ1) is 29.2. The van der Waals surface area contributed by atoms with E-state index in [0.717, 1.165) is 44.4 Å². The smallest absolute Gasteiger partial charge is 0.136 e. The van der Waals surface area contributed by atoms with Gasteiger partial charge < -0.3 is 9.32 Å². The van der Waals surface area contributed by atoms with Crippen molar-refractivity contribution in [3.8, 4) is 33.4 Å². The standard InChI is InChI=1S/C56H35NOS/c1-2-12-37(13-3-1)44-20-10-15-39-16-11-21-45(54(39)44)38-26-31-43(32-27-38)57(56-46-17-5-4-14-41(46)35-53-55(56)49-19-7-9-23-52(49)59-53)42-29-24-36(25-30-42)40-28-33-48-47-18-6-8-22-50(47)58-51(48)34-40/h1-35H. The third-order valence-electron chi connectivity index (χ3n) is 11.8. The fraction of sp³-hybridized carbons (Fsp3) is 0. The first-order valence-corrected chi connectivity index (χ1v) is 20.9. The van der Waals surface area contributed by atoms with E-state index in [1.807, 2.05) is 23.5 Å². The van der Waals surface area contributed by atoms with E-state index in [9.17, 15) is 0 Å². The maximum atomic E-state index is 6.29. The molecule has 12 rings (SSSR count). The van der Waals surface area contributed by atoms with Crippen LogP contribution in [-0.4, -0.2) is 0 Å². The summed E-state index contributed by atoms with van der Waals surface area (Å²) in [7, 11) is 0. The number of anilines is 3. The third kappa shape index (κ3) is 5.55. The van der Waals surface area contributed by atoms with Crippen LogP contribution >= 0.6 is 11.3 Å². The maximum absolute atomic E-state index is 6.29. The molecule has 0 aliphatic rings. The lowest BCUT2D eigenvalue weighted by molar-refractivity contribution is 0.669. The van der Waals surface area contributed by atoms with Crippen LogP contribution < -0.4 is 4.90 Å². The molecular weight excluding hydrogens is 735 g/mol. The molecule has 2 nitrogen and oxygen atoms in total. The summed E-state index contributed by atoms with van der Waals surface area (Å²) < 4.78 is 8.86. The number of furan rings is 1. The Morgan fingerprint density at radius 2 is 0.915 bits per heavy atom. The molecule has 0 saturated heterocycles. The van der Waals surface area contributed by atoms with Crippen molar-refractivity contribution in [2.75, 3.05) is 4.90 Å². The number of fused-ring (bicyclic) bond motifs is 8. The molecule has 0 atom stereocenters. The number of hydrogen-bond donors (Lipinski definition) is 0. The van der Waals surface area contributed by atoms with Crippen molar-refractivity contribution < 1.29 is 4.42 Å². The largest absolute Gasteiger partial charge is 0.456 e. The molecule has 0 aliphatic carbocycles. The number of para-hydroxylation sites is 1. The van der Waals surface area contributed by atoms with Crippen LogP contribution in [0.15, 0.2) is 217 Å². The SMILES string of the molecule is c1ccc(-c2cccc3cccc(-c4ccc(N(c5ccc(-c6ccc7c(c6)oc6ccccc67)cc5)c5c6ccccc6cc6sc7ccccc7c56)cc4)c23)cc1. The summed E-state index contributed by atoms with van der Waals surface area (Å²) in [5, 5.41) is 9.77. The second-order valence-corrected chi connectivity index (χ2v) is 16.3.